The van der Waals surface area contributed by atoms with Crippen molar-refractivity contribution in [3.63, 3.8) is 0 Å². The Kier molecular flexibility index (Phi) is 1.38. The molecule has 0 N–H and O–H groups in total. The summed E-state index contributed by atoms with van der Waals surface area (Å²) in [5, 5.41) is 8.25. The highest BCUT2D eigenvalue weighted by atomic mass is 15.3. The number of rotatable bonds is 1. The standard InChI is InChI=1S/C9H7N5/c1-3-11-14(6-1)9-8-2-4-12-13(8)7-5-10-9/h1-7H. The summed E-state index contributed by atoms with van der Waals surface area (Å²) >= 11 is 0. The fraction of sp³-hybridized carbons (Fsp3) is 0. The monoisotopic (exact) mass is 185 g/mol. The normalized spacial score (nSPS) is 10.9. The molecule has 0 unspecified atom stereocenters. The molecule has 0 saturated carbocycles. The number of nitrogens with zero attached hydrogens (tertiary/aromatic N) is 5. The molecular formula is C9H7N5. The van der Waals surface area contributed by atoms with E-state index in [9.17, 15) is 0 Å². The molecule has 0 radical (unpaired) electrons. The lowest BCUT2D eigenvalue weighted by Crippen LogP contribution is -2.01. The molecule has 0 aliphatic heterocycles. The Hall–Kier alpha value is -2.17. The van der Waals surface area contributed by atoms with Crippen molar-refractivity contribution in [1.29, 1.82) is 0 Å². The first kappa shape index (κ1) is 7.25. The molecule has 3 heterocycles. The molecule has 0 spiro atoms. The van der Waals surface area contributed by atoms with Gasteiger partial charge in [-0.05, 0) is 12.1 Å². The minimum Gasteiger partial charge on any atom is -0.236 e. The third-order valence-electron chi connectivity index (χ3n) is 2.03. The van der Waals surface area contributed by atoms with E-state index < -0.39 is 0 Å². The molecule has 0 fully saturated rings. The zero-order chi connectivity index (χ0) is 9.38. The number of hydrogen-bond donors (Lipinski definition) is 0. The van der Waals surface area contributed by atoms with E-state index in [1.807, 2.05) is 24.5 Å². The van der Waals surface area contributed by atoms with E-state index in [0.29, 0.717) is 0 Å². The molecular weight excluding hydrogens is 178 g/mol. The lowest BCUT2D eigenvalue weighted by atomic mass is 10.5. The average molecular weight is 185 g/mol. The maximum absolute atomic E-state index is 4.26. The van der Waals surface area contributed by atoms with E-state index in [4.69, 9.17) is 0 Å². The van der Waals surface area contributed by atoms with Gasteiger partial charge in [-0.25, -0.2) is 14.2 Å². The minimum atomic E-state index is 0.787. The molecule has 0 atom stereocenters. The summed E-state index contributed by atoms with van der Waals surface area (Å²) in [5.41, 5.74) is 0.941. The highest BCUT2D eigenvalue weighted by molar-refractivity contribution is 5.58. The summed E-state index contributed by atoms with van der Waals surface area (Å²) in [6.07, 6.45) is 8.83. The molecule has 0 amide bonds. The highest BCUT2D eigenvalue weighted by Crippen LogP contribution is 2.10. The Labute approximate surface area is 79.6 Å². The van der Waals surface area contributed by atoms with Crippen LogP contribution in [0.15, 0.2) is 43.1 Å². The summed E-state index contributed by atoms with van der Waals surface area (Å²) in [4.78, 5) is 4.26. The van der Waals surface area contributed by atoms with E-state index in [1.165, 1.54) is 0 Å². The van der Waals surface area contributed by atoms with Crippen molar-refractivity contribution in [3.8, 4) is 5.82 Å². The Morgan fingerprint density at radius 2 is 2.00 bits per heavy atom. The van der Waals surface area contributed by atoms with Gasteiger partial charge in [0.1, 0.15) is 5.52 Å². The first-order valence-electron chi connectivity index (χ1n) is 4.23. The summed E-state index contributed by atoms with van der Waals surface area (Å²) in [7, 11) is 0. The van der Waals surface area contributed by atoms with Crippen LogP contribution in [0, 0.1) is 0 Å². The van der Waals surface area contributed by atoms with Gasteiger partial charge in [0.05, 0.1) is 6.20 Å². The Bertz CT molecular complexity index is 551. The molecule has 5 heteroatoms. The minimum absolute atomic E-state index is 0.787. The van der Waals surface area contributed by atoms with Gasteiger partial charge in [-0.1, -0.05) is 0 Å². The second-order valence-corrected chi connectivity index (χ2v) is 2.86. The van der Waals surface area contributed by atoms with Gasteiger partial charge in [-0.15, -0.1) is 0 Å². The first-order valence-corrected chi connectivity index (χ1v) is 4.23. The zero-order valence-electron chi connectivity index (χ0n) is 7.28. The Balaban J connectivity index is 2.36. The maximum Gasteiger partial charge on any atom is 0.179 e. The molecule has 68 valence electrons. The summed E-state index contributed by atoms with van der Waals surface area (Å²) in [5.74, 6) is 0.787. The molecule has 5 nitrogen and oxygen atoms in total. The molecule has 0 aliphatic rings. The number of aromatic nitrogens is 5. The molecule has 3 aromatic heterocycles. The molecule has 0 saturated heterocycles. The molecule has 0 aromatic carbocycles. The van der Waals surface area contributed by atoms with Crippen LogP contribution in [0.4, 0.5) is 0 Å². The SMILES string of the molecule is c1cnn(-c2nccn3nccc23)c1. The summed E-state index contributed by atoms with van der Waals surface area (Å²) in [6, 6.07) is 3.77. The smallest absolute Gasteiger partial charge is 0.179 e. The van der Waals surface area contributed by atoms with Crippen LogP contribution >= 0.6 is 0 Å². The van der Waals surface area contributed by atoms with Gasteiger partial charge in [-0.3, -0.25) is 0 Å². The van der Waals surface area contributed by atoms with E-state index in [-0.39, 0.29) is 0 Å². The largest absolute Gasteiger partial charge is 0.236 e. The second-order valence-electron chi connectivity index (χ2n) is 2.86. The van der Waals surface area contributed by atoms with E-state index in [0.717, 1.165) is 11.3 Å². The Morgan fingerprint density at radius 1 is 1.00 bits per heavy atom. The molecule has 14 heavy (non-hydrogen) atoms. The molecule has 3 aromatic rings. The zero-order valence-corrected chi connectivity index (χ0v) is 7.28. The Morgan fingerprint density at radius 3 is 2.86 bits per heavy atom. The van der Waals surface area contributed by atoms with Crippen LogP contribution < -0.4 is 0 Å². The van der Waals surface area contributed by atoms with Crippen molar-refractivity contribution in [3.05, 3.63) is 43.1 Å². The van der Waals surface area contributed by atoms with Crippen LogP contribution in [0.1, 0.15) is 0 Å². The van der Waals surface area contributed by atoms with Crippen molar-refractivity contribution >= 4 is 5.52 Å². The van der Waals surface area contributed by atoms with Crippen LogP contribution in [-0.4, -0.2) is 24.4 Å². The van der Waals surface area contributed by atoms with Crippen molar-refractivity contribution in [2.24, 2.45) is 0 Å². The third-order valence-corrected chi connectivity index (χ3v) is 2.03. The predicted octanol–water partition coefficient (Wildman–Crippen LogP) is 0.915. The predicted molar refractivity (Wildman–Crippen MR) is 50.1 cm³/mol. The van der Waals surface area contributed by atoms with Gasteiger partial charge >= 0.3 is 0 Å². The van der Waals surface area contributed by atoms with Crippen molar-refractivity contribution in [1.82, 2.24) is 24.4 Å². The molecule has 0 aliphatic carbocycles. The molecule has 3 rings (SSSR count). The summed E-state index contributed by atoms with van der Waals surface area (Å²) in [6.45, 7) is 0. The highest BCUT2D eigenvalue weighted by Gasteiger charge is 2.04. The average Bonchev–Trinajstić information content (AvgIpc) is 2.88. The molecule has 0 bridgehead atoms. The first-order chi connectivity index (χ1) is 6.95. The van der Waals surface area contributed by atoms with Crippen LogP contribution in [0.5, 0.6) is 0 Å². The maximum atomic E-state index is 4.26. The van der Waals surface area contributed by atoms with Crippen LogP contribution in [0.25, 0.3) is 11.3 Å². The quantitative estimate of drug-likeness (QED) is 0.566. The fourth-order valence-corrected chi connectivity index (χ4v) is 1.41. The number of fused-ring (bicyclic) bond motifs is 1. The van der Waals surface area contributed by atoms with Crippen molar-refractivity contribution in [2.75, 3.05) is 0 Å². The summed E-state index contributed by atoms with van der Waals surface area (Å²) < 4.78 is 3.49. The van der Waals surface area contributed by atoms with Gasteiger partial charge < -0.3 is 0 Å². The van der Waals surface area contributed by atoms with Crippen molar-refractivity contribution < 1.29 is 0 Å². The van der Waals surface area contributed by atoms with Gasteiger partial charge in [0.15, 0.2) is 5.82 Å². The van der Waals surface area contributed by atoms with Gasteiger partial charge in [0.25, 0.3) is 0 Å². The third kappa shape index (κ3) is 0.922. The van der Waals surface area contributed by atoms with Gasteiger partial charge in [0.2, 0.25) is 0 Å². The van der Waals surface area contributed by atoms with Gasteiger partial charge in [0, 0.05) is 24.8 Å². The van der Waals surface area contributed by atoms with Crippen LogP contribution in [0.2, 0.25) is 0 Å². The lowest BCUT2D eigenvalue weighted by Gasteiger charge is -2.01. The van der Waals surface area contributed by atoms with Crippen LogP contribution in [-0.2, 0) is 0 Å². The topological polar surface area (TPSA) is 48.0 Å². The second kappa shape index (κ2) is 2.66. The van der Waals surface area contributed by atoms with Gasteiger partial charge in [-0.2, -0.15) is 10.2 Å². The number of hydrogen-bond acceptors (Lipinski definition) is 3. The van der Waals surface area contributed by atoms with Crippen molar-refractivity contribution in [2.45, 2.75) is 0 Å². The van der Waals surface area contributed by atoms with E-state index in [1.54, 1.807) is 27.8 Å². The van der Waals surface area contributed by atoms with E-state index in [2.05, 4.69) is 15.2 Å². The van der Waals surface area contributed by atoms with Crippen LogP contribution in [0.3, 0.4) is 0 Å². The van der Waals surface area contributed by atoms with E-state index >= 15 is 0 Å². The fourth-order valence-electron chi connectivity index (χ4n) is 1.41. The lowest BCUT2D eigenvalue weighted by molar-refractivity contribution is 0.832.